The summed E-state index contributed by atoms with van der Waals surface area (Å²) in [5.74, 6) is 0.360. The summed E-state index contributed by atoms with van der Waals surface area (Å²) in [6, 6.07) is 19.8. The zero-order valence-corrected chi connectivity index (χ0v) is 16.0. The van der Waals surface area contributed by atoms with Crippen molar-refractivity contribution in [3.05, 3.63) is 88.6 Å². The number of amides is 1. The number of benzene rings is 2. The Hall–Kier alpha value is -2.47. The van der Waals surface area contributed by atoms with Crippen molar-refractivity contribution in [3.63, 3.8) is 0 Å². The Labute approximate surface area is 161 Å². The van der Waals surface area contributed by atoms with Crippen LogP contribution in [-0.2, 0) is 4.79 Å². The summed E-state index contributed by atoms with van der Waals surface area (Å²) in [6.45, 7) is 5.66. The second-order valence-electron chi connectivity index (χ2n) is 5.63. The van der Waals surface area contributed by atoms with Gasteiger partial charge in [-0.15, -0.1) is 0 Å². The molecule has 124 valence electrons. The summed E-state index contributed by atoms with van der Waals surface area (Å²) < 4.78 is 1.11. The Bertz CT molecular complexity index is 885. The molecule has 1 amide bonds. The highest BCUT2D eigenvalue weighted by Gasteiger charge is 2.16. The monoisotopic (exact) mass is 440 g/mol. The van der Waals surface area contributed by atoms with Crippen LogP contribution in [-0.4, -0.2) is 10.9 Å². The molecule has 0 N–H and O–H groups in total. The van der Waals surface area contributed by atoms with Crippen LogP contribution in [0.5, 0.6) is 0 Å². The lowest BCUT2D eigenvalue weighted by Crippen LogP contribution is -2.24. The molecule has 0 aliphatic heterocycles. The minimum atomic E-state index is -0.211. The van der Waals surface area contributed by atoms with E-state index >= 15 is 0 Å². The summed E-state index contributed by atoms with van der Waals surface area (Å²) >= 11 is 2.24. The van der Waals surface area contributed by atoms with E-state index in [2.05, 4.69) is 65.3 Å². The molecule has 0 aliphatic rings. The average Bonchev–Trinajstić information content (AvgIpc) is 2.64. The lowest BCUT2D eigenvalue weighted by atomic mass is 10.1. The Kier molecular flexibility index (Phi) is 5.28. The van der Waals surface area contributed by atoms with Gasteiger partial charge in [-0.1, -0.05) is 36.4 Å². The van der Waals surface area contributed by atoms with Gasteiger partial charge in [0.05, 0.1) is 5.69 Å². The molecule has 4 heteroatoms. The fourth-order valence-electron chi connectivity index (χ4n) is 2.49. The summed E-state index contributed by atoms with van der Waals surface area (Å²) in [5.41, 5.74) is 4.09. The van der Waals surface area contributed by atoms with E-state index in [9.17, 15) is 4.79 Å². The second kappa shape index (κ2) is 7.61. The molecule has 0 saturated heterocycles. The largest absolute Gasteiger partial charge is 0.269 e. The number of pyridine rings is 1. The Morgan fingerprint density at radius 1 is 1.00 bits per heavy atom. The van der Waals surface area contributed by atoms with Crippen LogP contribution in [0.1, 0.15) is 5.56 Å². The van der Waals surface area contributed by atoms with Crippen molar-refractivity contribution >= 4 is 40.0 Å². The number of anilines is 2. The molecule has 1 aromatic heterocycles. The third-order valence-electron chi connectivity index (χ3n) is 3.84. The van der Waals surface area contributed by atoms with Gasteiger partial charge in [0.25, 0.3) is 5.91 Å². The summed E-state index contributed by atoms with van der Waals surface area (Å²) in [4.78, 5) is 18.4. The molecule has 0 unspecified atom stereocenters. The Morgan fingerprint density at radius 2 is 1.64 bits per heavy atom. The molecule has 3 nitrogen and oxygen atoms in total. The van der Waals surface area contributed by atoms with Gasteiger partial charge in [0.15, 0.2) is 0 Å². The SMILES string of the molecule is C=CC(=O)N(c1ccc(I)cc1)c1ccc(-c2ccc(C)cc2)cn1. The van der Waals surface area contributed by atoms with Gasteiger partial charge >= 0.3 is 0 Å². The molecule has 0 aliphatic carbocycles. The number of nitrogens with zero attached hydrogens (tertiary/aromatic N) is 2. The summed E-state index contributed by atoms with van der Waals surface area (Å²) in [6.07, 6.45) is 3.09. The fraction of sp³-hybridized carbons (Fsp3) is 0.0476. The molecule has 2 aromatic carbocycles. The summed E-state index contributed by atoms with van der Waals surface area (Å²) in [7, 11) is 0. The Balaban J connectivity index is 1.96. The number of rotatable bonds is 4. The molecule has 0 saturated carbocycles. The molecule has 0 atom stereocenters. The van der Waals surface area contributed by atoms with Gasteiger partial charge in [-0.2, -0.15) is 0 Å². The van der Waals surface area contributed by atoms with Gasteiger partial charge in [-0.3, -0.25) is 9.69 Å². The number of hydrogen-bond donors (Lipinski definition) is 0. The van der Waals surface area contributed by atoms with Gasteiger partial charge in [0.2, 0.25) is 0 Å². The first-order valence-electron chi connectivity index (χ1n) is 7.83. The zero-order valence-electron chi connectivity index (χ0n) is 13.8. The van der Waals surface area contributed by atoms with Crippen LogP contribution < -0.4 is 4.90 Å². The van der Waals surface area contributed by atoms with Crippen LogP contribution >= 0.6 is 22.6 Å². The van der Waals surface area contributed by atoms with Crippen molar-refractivity contribution in [2.45, 2.75) is 6.92 Å². The highest BCUT2D eigenvalue weighted by Crippen LogP contribution is 2.27. The molecule has 3 aromatic rings. The summed E-state index contributed by atoms with van der Waals surface area (Å²) in [5, 5.41) is 0. The molecule has 0 bridgehead atoms. The van der Waals surface area contributed by atoms with E-state index in [0.29, 0.717) is 5.82 Å². The fourth-order valence-corrected chi connectivity index (χ4v) is 2.85. The second-order valence-corrected chi connectivity index (χ2v) is 6.87. The topological polar surface area (TPSA) is 33.2 Å². The van der Waals surface area contributed by atoms with Gasteiger partial charge in [0.1, 0.15) is 5.82 Å². The lowest BCUT2D eigenvalue weighted by Gasteiger charge is -2.20. The third kappa shape index (κ3) is 3.96. The first-order valence-corrected chi connectivity index (χ1v) is 8.91. The van der Waals surface area contributed by atoms with Crippen molar-refractivity contribution < 1.29 is 4.79 Å². The standard InChI is InChI=1S/C21H17IN2O/c1-3-21(25)24(19-11-9-18(22)10-12-19)20-13-8-17(14-23-20)16-6-4-15(2)5-7-16/h3-14H,1H2,2H3. The van der Waals surface area contributed by atoms with Crippen LogP contribution in [0.4, 0.5) is 11.5 Å². The normalized spacial score (nSPS) is 10.3. The molecule has 0 spiro atoms. The van der Waals surface area contributed by atoms with Crippen LogP contribution in [0.2, 0.25) is 0 Å². The first kappa shape index (κ1) is 17.4. The molecular weight excluding hydrogens is 423 g/mol. The van der Waals surface area contributed by atoms with Crippen molar-refractivity contribution in [3.8, 4) is 11.1 Å². The van der Waals surface area contributed by atoms with Crippen LogP contribution in [0.25, 0.3) is 11.1 Å². The van der Waals surface area contributed by atoms with Crippen molar-refractivity contribution in [2.75, 3.05) is 4.90 Å². The molecule has 0 fully saturated rings. The highest BCUT2D eigenvalue weighted by molar-refractivity contribution is 14.1. The third-order valence-corrected chi connectivity index (χ3v) is 4.56. The number of hydrogen-bond acceptors (Lipinski definition) is 2. The van der Waals surface area contributed by atoms with Crippen LogP contribution in [0.15, 0.2) is 79.5 Å². The minimum absolute atomic E-state index is 0.211. The van der Waals surface area contributed by atoms with Crippen LogP contribution in [0, 0.1) is 10.5 Å². The maximum atomic E-state index is 12.4. The van der Waals surface area contributed by atoms with E-state index in [1.165, 1.54) is 11.6 Å². The molecule has 1 heterocycles. The predicted octanol–water partition coefficient (Wildman–Crippen LogP) is 5.51. The highest BCUT2D eigenvalue weighted by atomic mass is 127. The van der Waals surface area contributed by atoms with Crippen molar-refractivity contribution in [1.29, 1.82) is 0 Å². The van der Waals surface area contributed by atoms with Gasteiger partial charge in [-0.05, 0) is 77.6 Å². The van der Waals surface area contributed by atoms with Crippen molar-refractivity contribution in [1.82, 2.24) is 4.98 Å². The smallest absolute Gasteiger partial charge is 0.256 e. The number of carbonyl (C=O) groups is 1. The van der Waals surface area contributed by atoms with Gasteiger partial charge < -0.3 is 0 Å². The number of carbonyl (C=O) groups excluding carboxylic acids is 1. The quantitative estimate of drug-likeness (QED) is 0.396. The maximum Gasteiger partial charge on any atom is 0.256 e. The van der Waals surface area contributed by atoms with E-state index in [1.54, 1.807) is 11.1 Å². The van der Waals surface area contributed by atoms with Crippen LogP contribution in [0.3, 0.4) is 0 Å². The molecular formula is C21H17IN2O. The lowest BCUT2D eigenvalue weighted by molar-refractivity contribution is -0.113. The van der Waals surface area contributed by atoms with E-state index in [-0.39, 0.29) is 5.91 Å². The van der Waals surface area contributed by atoms with Gasteiger partial charge in [-0.25, -0.2) is 4.98 Å². The zero-order chi connectivity index (χ0) is 17.8. The number of halogens is 1. The number of aryl methyl sites for hydroxylation is 1. The molecule has 25 heavy (non-hydrogen) atoms. The van der Waals surface area contributed by atoms with E-state index < -0.39 is 0 Å². The maximum absolute atomic E-state index is 12.4. The molecule has 3 rings (SSSR count). The van der Waals surface area contributed by atoms with E-state index in [4.69, 9.17) is 0 Å². The van der Waals surface area contributed by atoms with Crippen molar-refractivity contribution in [2.24, 2.45) is 0 Å². The minimum Gasteiger partial charge on any atom is -0.269 e. The number of aromatic nitrogens is 1. The average molecular weight is 440 g/mol. The van der Waals surface area contributed by atoms with Gasteiger partial charge in [0, 0.05) is 15.3 Å². The molecule has 0 radical (unpaired) electrons. The van der Waals surface area contributed by atoms with E-state index in [0.717, 1.165) is 20.4 Å². The Morgan fingerprint density at radius 3 is 2.20 bits per heavy atom. The first-order chi connectivity index (χ1) is 12.1. The predicted molar refractivity (Wildman–Crippen MR) is 111 cm³/mol. The van der Waals surface area contributed by atoms with E-state index in [1.807, 2.05) is 36.4 Å².